The fourth-order valence-electron chi connectivity index (χ4n) is 5.22. The highest BCUT2D eigenvalue weighted by Crippen LogP contribution is 2.44. The van der Waals surface area contributed by atoms with E-state index in [1.165, 1.54) is 11.0 Å². The molecule has 3 aromatic carbocycles. The second kappa shape index (κ2) is 13.1. The maximum atomic E-state index is 13.7. The Balaban J connectivity index is 1.54. The number of aliphatic hydroxyl groups is 1. The maximum absolute atomic E-state index is 13.7. The first-order valence-corrected chi connectivity index (χ1v) is 15.7. The second-order valence-electron chi connectivity index (χ2n) is 12.1. The smallest absolute Gasteiger partial charge is 0.350 e. The van der Waals surface area contributed by atoms with Gasteiger partial charge in [0.2, 0.25) is 0 Å². The predicted octanol–water partition coefficient (Wildman–Crippen LogP) is 7.61. The fourth-order valence-corrected chi connectivity index (χ4v) is 6.21. The number of aromatic nitrogens is 1. The molecule has 0 saturated carbocycles. The highest BCUT2D eigenvalue weighted by Gasteiger charge is 2.48. The summed E-state index contributed by atoms with van der Waals surface area (Å²) in [6.07, 6.45) is 1.46. The summed E-state index contributed by atoms with van der Waals surface area (Å²) in [5.74, 6) is -2.06. The van der Waals surface area contributed by atoms with Crippen molar-refractivity contribution in [2.75, 3.05) is 11.5 Å². The molecule has 1 aliphatic rings. The van der Waals surface area contributed by atoms with Gasteiger partial charge in [-0.3, -0.25) is 14.5 Å². The van der Waals surface area contributed by atoms with E-state index in [0.29, 0.717) is 29.2 Å². The first-order chi connectivity index (χ1) is 21.9. The molecule has 4 aromatic rings. The van der Waals surface area contributed by atoms with E-state index in [2.05, 4.69) is 32.3 Å². The molecule has 46 heavy (non-hydrogen) atoms. The molecule has 1 amide bonds. The lowest BCUT2D eigenvalue weighted by molar-refractivity contribution is -0.132. The van der Waals surface area contributed by atoms with Gasteiger partial charge in [0.05, 0.1) is 17.3 Å². The number of anilines is 1. The number of nitrogens with zero attached hydrogens (tertiary/aromatic N) is 2. The zero-order valence-electron chi connectivity index (χ0n) is 26.5. The third-order valence-electron chi connectivity index (χ3n) is 7.66. The topological polar surface area (TPSA) is 106 Å². The minimum atomic E-state index is -0.992. The van der Waals surface area contributed by atoms with Gasteiger partial charge in [0, 0.05) is 5.56 Å². The Bertz CT molecular complexity index is 1830. The lowest BCUT2D eigenvalue weighted by Gasteiger charge is -2.24. The molecule has 2 heterocycles. The molecular formula is C37H36N2O6S. The number of rotatable bonds is 9. The lowest BCUT2D eigenvalue weighted by Crippen LogP contribution is -2.29. The van der Waals surface area contributed by atoms with Crippen LogP contribution in [0.1, 0.15) is 70.0 Å². The molecule has 9 heteroatoms. The van der Waals surface area contributed by atoms with Gasteiger partial charge in [-0.2, -0.15) is 0 Å². The average molecular weight is 637 g/mol. The SMILES string of the molecule is C=CCOC(=O)c1sc(N2C(=O)C(=O)C(=C(O)c3ccc(OCc4cccc(C)c4)cc3)C2c2ccc(C(C)(C)C)cc2)nc1C. The standard InChI is InChI=1S/C37H36N2O6S/c1-7-19-44-35(43)33-23(3)38-36(46-33)39-30(25-11-15-27(16-12-25)37(4,5)6)29(32(41)34(39)42)31(40)26-13-17-28(18-14-26)45-21-24-10-8-9-22(2)20-24/h7-18,20,30,40H,1,19,21H2,2-6H3. The number of aliphatic hydroxyl groups excluding tert-OH is 1. The molecule has 1 N–H and O–H groups in total. The van der Waals surface area contributed by atoms with Gasteiger partial charge < -0.3 is 14.6 Å². The number of hydrogen-bond acceptors (Lipinski definition) is 8. The lowest BCUT2D eigenvalue weighted by atomic mass is 9.85. The molecule has 1 unspecified atom stereocenters. The Morgan fingerprint density at radius 2 is 1.74 bits per heavy atom. The summed E-state index contributed by atoms with van der Waals surface area (Å²) in [4.78, 5) is 46.0. The van der Waals surface area contributed by atoms with E-state index in [4.69, 9.17) is 9.47 Å². The van der Waals surface area contributed by atoms with Crippen LogP contribution in [-0.4, -0.2) is 34.4 Å². The van der Waals surface area contributed by atoms with Gasteiger partial charge in [0.15, 0.2) is 5.13 Å². The van der Waals surface area contributed by atoms with Crippen molar-refractivity contribution in [3.05, 3.63) is 129 Å². The van der Waals surface area contributed by atoms with Crippen molar-refractivity contribution < 1.29 is 29.0 Å². The monoisotopic (exact) mass is 636 g/mol. The molecule has 1 atom stereocenters. The van der Waals surface area contributed by atoms with Crippen molar-refractivity contribution in [3.63, 3.8) is 0 Å². The predicted molar refractivity (Wildman–Crippen MR) is 179 cm³/mol. The molecular weight excluding hydrogens is 600 g/mol. The highest BCUT2D eigenvalue weighted by molar-refractivity contribution is 7.17. The normalized spacial score (nSPS) is 16.0. The van der Waals surface area contributed by atoms with E-state index in [1.807, 2.05) is 55.5 Å². The van der Waals surface area contributed by atoms with Crippen LogP contribution in [-0.2, 0) is 26.3 Å². The van der Waals surface area contributed by atoms with Crippen LogP contribution in [0.15, 0.2) is 91.0 Å². The molecule has 0 radical (unpaired) electrons. The molecule has 8 nitrogen and oxygen atoms in total. The van der Waals surface area contributed by atoms with E-state index in [0.717, 1.165) is 28.0 Å². The van der Waals surface area contributed by atoms with Gasteiger partial charge in [0.1, 0.15) is 29.6 Å². The quantitative estimate of drug-likeness (QED) is 0.0663. The van der Waals surface area contributed by atoms with Crippen molar-refractivity contribution in [2.24, 2.45) is 0 Å². The molecule has 1 aromatic heterocycles. The van der Waals surface area contributed by atoms with E-state index < -0.39 is 23.7 Å². The molecule has 0 spiro atoms. The molecule has 5 rings (SSSR count). The number of esters is 1. The van der Waals surface area contributed by atoms with Crippen LogP contribution in [0, 0.1) is 13.8 Å². The van der Waals surface area contributed by atoms with Gasteiger partial charge in [-0.05, 0) is 60.2 Å². The van der Waals surface area contributed by atoms with Crippen molar-refractivity contribution in [1.82, 2.24) is 4.98 Å². The van der Waals surface area contributed by atoms with Crippen LogP contribution < -0.4 is 9.64 Å². The van der Waals surface area contributed by atoms with E-state index >= 15 is 0 Å². The Kier molecular flexibility index (Phi) is 9.25. The van der Waals surface area contributed by atoms with E-state index in [1.54, 1.807) is 31.2 Å². The molecule has 1 aliphatic heterocycles. The minimum Gasteiger partial charge on any atom is -0.507 e. The van der Waals surface area contributed by atoms with Crippen LogP contribution in [0.2, 0.25) is 0 Å². The third kappa shape index (κ3) is 6.65. The van der Waals surface area contributed by atoms with Crippen LogP contribution >= 0.6 is 11.3 Å². The third-order valence-corrected chi connectivity index (χ3v) is 8.80. The summed E-state index contributed by atoms with van der Waals surface area (Å²) in [5.41, 5.74) is 4.33. The summed E-state index contributed by atoms with van der Waals surface area (Å²) in [5, 5.41) is 11.7. The first kappa shape index (κ1) is 32.4. The molecule has 1 saturated heterocycles. The van der Waals surface area contributed by atoms with Crippen molar-refractivity contribution in [3.8, 4) is 5.75 Å². The average Bonchev–Trinajstić information content (AvgIpc) is 3.54. The number of benzene rings is 3. The van der Waals surface area contributed by atoms with Crippen molar-refractivity contribution in [2.45, 2.75) is 52.7 Å². The van der Waals surface area contributed by atoms with Crippen LogP contribution in [0.25, 0.3) is 5.76 Å². The van der Waals surface area contributed by atoms with Gasteiger partial charge in [-0.25, -0.2) is 9.78 Å². The Morgan fingerprint density at radius 1 is 1.04 bits per heavy atom. The fraction of sp³-hybridized carbons (Fsp3) is 0.243. The number of aryl methyl sites for hydroxylation is 2. The van der Waals surface area contributed by atoms with Gasteiger partial charge in [-0.15, -0.1) is 0 Å². The Hall–Kier alpha value is -5.02. The zero-order chi connectivity index (χ0) is 33.2. The van der Waals surface area contributed by atoms with Gasteiger partial charge in [-0.1, -0.05) is 98.9 Å². The number of Topliss-reactive ketones (excluding diaryl/α,β-unsaturated/α-hetero) is 1. The van der Waals surface area contributed by atoms with E-state index in [-0.39, 0.29) is 33.4 Å². The highest BCUT2D eigenvalue weighted by atomic mass is 32.1. The number of carbonyl (C=O) groups excluding carboxylic acids is 3. The molecule has 0 aliphatic carbocycles. The zero-order valence-corrected chi connectivity index (χ0v) is 27.3. The van der Waals surface area contributed by atoms with Crippen molar-refractivity contribution in [1.29, 1.82) is 0 Å². The number of amides is 1. The van der Waals surface area contributed by atoms with Gasteiger partial charge in [0.25, 0.3) is 5.78 Å². The van der Waals surface area contributed by atoms with E-state index in [9.17, 15) is 19.5 Å². The number of thiazole rings is 1. The second-order valence-corrected chi connectivity index (χ2v) is 13.1. The van der Waals surface area contributed by atoms with Crippen LogP contribution in [0.3, 0.4) is 0 Å². The molecule has 236 valence electrons. The number of ketones is 1. The summed E-state index contributed by atoms with van der Waals surface area (Å²) >= 11 is 0.955. The number of carbonyl (C=O) groups is 3. The Labute approximate surface area is 272 Å². The van der Waals surface area contributed by atoms with Crippen molar-refractivity contribution >= 4 is 39.9 Å². The maximum Gasteiger partial charge on any atom is 0.350 e. The summed E-state index contributed by atoms with van der Waals surface area (Å²) < 4.78 is 11.1. The summed E-state index contributed by atoms with van der Waals surface area (Å²) in [6.45, 7) is 13.9. The van der Waals surface area contributed by atoms with Gasteiger partial charge >= 0.3 is 11.9 Å². The largest absolute Gasteiger partial charge is 0.507 e. The van der Waals surface area contributed by atoms with Crippen LogP contribution in [0.5, 0.6) is 5.75 Å². The minimum absolute atomic E-state index is 0.0197. The Morgan fingerprint density at radius 3 is 2.37 bits per heavy atom. The summed E-state index contributed by atoms with van der Waals surface area (Å²) in [7, 11) is 0. The molecule has 0 bridgehead atoms. The number of hydrogen-bond donors (Lipinski definition) is 1. The first-order valence-electron chi connectivity index (χ1n) is 14.8. The molecule has 1 fully saturated rings. The number of ether oxygens (including phenoxy) is 2. The van der Waals surface area contributed by atoms with Crippen LogP contribution in [0.4, 0.5) is 5.13 Å². The summed E-state index contributed by atoms with van der Waals surface area (Å²) in [6, 6.07) is 21.3.